The van der Waals surface area contributed by atoms with Crippen molar-refractivity contribution in [3.63, 3.8) is 0 Å². The lowest BCUT2D eigenvalue weighted by Gasteiger charge is -2.37. The van der Waals surface area contributed by atoms with Crippen molar-refractivity contribution in [2.24, 2.45) is 5.41 Å². The first-order valence-electron chi connectivity index (χ1n) is 13.4. The van der Waals surface area contributed by atoms with Gasteiger partial charge < -0.3 is 19.7 Å². The molecule has 9 heteroatoms. The zero-order valence-electron chi connectivity index (χ0n) is 21.9. The Morgan fingerprint density at radius 3 is 2.61 bits per heavy atom. The maximum absolute atomic E-state index is 14.0. The number of hydrogen-bond donors (Lipinski definition) is 1. The van der Waals surface area contributed by atoms with Gasteiger partial charge in [-0.1, -0.05) is 25.7 Å². The van der Waals surface area contributed by atoms with Gasteiger partial charge in [-0.25, -0.2) is 0 Å². The topological polar surface area (TPSA) is 50.8 Å². The molecule has 1 aromatic rings. The summed E-state index contributed by atoms with van der Waals surface area (Å²) >= 11 is 0. The molecule has 1 saturated heterocycles. The van der Waals surface area contributed by atoms with Gasteiger partial charge in [0.25, 0.3) is 0 Å². The van der Waals surface area contributed by atoms with Crippen LogP contribution in [0.5, 0.6) is 0 Å². The lowest BCUT2D eigenvalue weighted by molar-refractivity contribution is -0.147. The van der Waals surface area contributed by atoms with E-state index in [0.717, 1.165) is 56.6 Å². The Kier molecular flexibility index (Phi) is 8.54. The molecule has 0 spiro atoms. The van der Waals surface area contributed by atoms with Gasteiger partial charge in [0.1, 0.15) is 0 Å². The van der Waals surface area contributed by atoms with Crippen molar-refractivity contribution in [1.82, 2.24) is 10.2 Å². The fourth-order valence-corrected chi connectivity index (χ4v) is 6.50. The molecule has 2 atom stereocenters. The molecule has 3 aliphatic rings. The lowest BCUT2D eigenvalue weighted by atomic mass is 9.84. The summed E-state index contributed by atoms with van der Waals surface area (Å²) in [4.78, 5) is 15.8. The van der Waals surface area contributed by atoms with Gasteiger partial charge in [-0.3, -0.25) is 4.79 Å². The van der Waals surface area contributed by atoms with E-state index in [1.807, 2.05) is 0 Å². The molecular weight excluding hydrogens is 485 g/mol. The summed E-state index contributed by atoms with van der Waals surface area (Å²) in [5.41, 5.74) is 0.232. The fraction of sp³-hybridized carbons (Fsp3) is 0.741. The molecule has 1 aromatic carbocycles. The van der Waals surface area contributed by atoms with Gasteiger partial charge in [0.2, 0.25) is 5.91 Å². The Morgan fingerprint density at radius 2 is 1.92 bits per heavy atom. The number of nitrogens with one attached hydrogen (secondary N) is 1. The average Bonchev–Trinajstić information content (AvgIpc) is 3.24. The monoisotopic (exact) mass is 526 g/mol. The normalized spacial score (nSPS) is 25.7. The summed E-state index contributed by atoms with van der Waals surface area (Å²) in [6.07, 6.45) is 0.511. The molecule has 2 fully saturated rings. The maximum atomic E-state index is 14.0. The van der Waals surface area contributed by atoms with Gasteiger partial charge in [-0.15, -0.1) is 0 Å². The number of ether oxygens (including phenoxy) is 2. The smallest absolute Gasteiger partial charge is 0.381 e. The largest absolute Gasteiger partial charge is 0.416 e. The van der Waals surface area contributed by atoms with Crippen molar-refractivity contribution in [2.45, 2.75) is 89.0 Å². The molecule has 5 nitrogen and oxygen atoms in total. The molecular formula is C27H41F3N2O3Si. The summed E-state index contributed by atoms with van der Waals surface area (Å²) in [6, 6.07) is 5.62. The Hall–Kier alpha value is -1.42. The van der Waals surface area contributed by atoms with E-state index in [4.69, 9.17) is 9.47 Å². The minimum absolute atomic E-state index is 0.0369. The molecule has 2 heterocycles. The third kappa shape index (κ3) is 6.91. The van der Waals surface area contributed by atoms with Crippen molar-refractivity contribution in [3.8, 4) is 0 Å². The Labute approximate surface area is 214 Å². The Morgan fingerprint density at radius 1 is 1.17 bits per heavy atom. The summed E-state index contributed by atoms with van der Waals surface area (Å²) in [6.45, 7) is 10.2. The quantitative estimate of drug-likeness (QED) is 0.371. The number of halogens is 3. The van der Waals surface area contributed by atoms with Crippen LogP contribution in [0.1, 0.15) is 48.8 Å². The molecule has 1 aliphatic carbocycles. The molecule has 1 saturated carbocycles. The van der Waals surface area contributed by atoms with Crippen LogP contribution in [0.3, 0.4) is 0 Å². The van der Waals surface area contributed by atoms with Crippen LogP contribution in [0.25, 0.3) is 0 Å². The number of nitrogens with zero attached hydrogens (tertiary/aromatic N) is 1. The van der Waals surface area contributed by atoms with Crippen LogP contribution in [-0.4, -0.2) is 63.9 Å². The third-order valence-electron chi connectivity index (χ3n) is 7.96. The second-order valence-electron chi connectivity index (χ2n) is 12.1. The molecule has 1 amide bonds. The zero-order valence-corrected chi connectivity index (χ0v) is 22.9. The van der Waals surface area contributed by atoms with E-state index < -0.39 is 25.2 Å². The molecule has 0 bridgehead atoms. The van der Waals surface area contributed by atoms with E-state index in [-0.39, 0.29) is 18.5 Å². The van der Waals surface area contributed by atoms with Crippen molar-refractivity contribution < 1.29 is 27.4 Å². The number of carbonyl (C=O) groups excluding carboxylic acids is 1. The van der Waals surface area contributed by atoms with Crippen molar-refractivity contribution in [2.75, 3.05) is 33.0 Å². The van der Waals surface area contributed by atoms with Gasteiger partial charge >= 0.3 is 6.18 Å². The number of benzene rings is 1. The number of amides is 1. The predicted molar refractivity (Wildman–Crippen MR) is 137 cm³/mol. The highest BCUT2D eigenvalue weighted by atomic mass is 28.3. The van der Waals surface area contributed by atoms with Crippen LogP contribution in [0, 0.1) is 5.41 Å². The number of alkyl halides is 3. The number of carbonyl (C=O) groups is 1. The first-order valence-corrected chi connectivity index (χ1v) is 17.1. The highest BCUT2D eigenvalue weighted by Crippen LogP contribution is 2.42. The summed E-state index contributed by atoms with van der Waals surface area (Å²) in [5, 5.41) is 3.76. The summed E-state index contributed by atoms with van der Waals surface area (Å²) in [7, 11) is -1.26. The highest BCUT2D eigenvalue weighted by molar-refractivity contribution is 6.76. The van der Waals surface area contributed by atoms with Crippen LogP contribution >= 0.6 is 0 Å². The van der Waals surface area contributed by atoms with Crippen molar-refractivity contribution in [1.29, 1.82) is 0 Å². The van der Waals surface area contributed by atoms with Gasteiger partial charge in [-0.05, 0) is 67.8 Å². The van der Waals surface area contributed by atoms with Crippen molar-refractivity contribution >= 4 is 14.0 Å². The molecule has 0 unspecified atom stereocenters. The van der Waals surface area contributed by atoms with Gasteiger partial charge in [0, 0.05) is 53.1 Å². The maximum Gasteiger partial charge on any atom is 0.416 e. The second kappa shape index (κ2) is 11.1. The first kappa shape index (κ1) is 27.6. The number of fused-ring (bicyclic) bond motifs is 1. The SMILES string of the molecule is C[Si](C)(C)CCOC[C@]1(C(=O)N2CCc3ccc(C(F)(F)F)cc3C2)CC[C@@H](NC2CCOCC2)C1. The van der Waals surface area contributed by atoms with Crippen LogP contribution in [0.4, 0.5) is 13.2 Å². The molecule has 1 N–H and O–H groups in total. The molecule has 2 aliphatic heterocycles. The molecule has 0 aromatic heterocycles. The van der Waals surface area contributed by atoms with E-state index >= 15 is 0 Å². The fourth-order valence-electron chi connectivity index (χ4n) is 5.74. The molecule has 36 heavy (non-hydrogen) atoms. The van der Waals surface area contributed by atoms with Crippen LogP contribution in [0.2, 0.25) is 25.7 Å². The van der Waals surface area contributed by atoms with Gasteiger partial charge in [-0.2, -0.15) is 13.2 Å². The van der Waals surface area contributed by atoms with E-state index in [0.29, 0.717) is 44.2 Å². The van der Waals surface area contributed by atoms with Crippen LogP contribution < -0.4 is 5.32 Å². The highest BCUT2D eigenvalue weighted by Gasteiger charge is 2.48. The standard InChI is InChI=1S/C27H41F3N2O3Si/c1-36(2,3)15-14-35-19-26(10-6-24(17-26)31-23-8-12-34-13-9-23)25(33)32-11-7-20-4-5-22(27(28,29)30)16-21(20)18-32/h4-5,16,23-24,31H,6-15,17-19H2,1-3H3/t24-,26+/m1/s1. The van der Waals surface area contributed by atoms with Gasteiger partial charge in [0.05, 0.1) is 17.6 Å². The van der Waals surface area contributed by atoms with E-state index in [1.54, 1.807) is 11.0 Å². The average molecular weight is 527 g/mol. The van der Waals surface area contributed by atoms with E-state index in [1.165, 1.54) is 6.07 Å². The zero-order chi connectivity index (χ0) is 26.0. The Balaban J connectivity index is 1.47. The minimum Gasteiger partial charge on any atom is -0.381 e. The lowest BCUT2D eigenvalue weighted by Crippen LogP contribution is -2.48. The van der Waals surface area contributed by atoms with Crippen LogP contribution in [-0.2, 0) is 33.4 Å². The first-order chi connectivity index (χ1) is 17.0. The Bertz CT molecular complexity index is 915. The van der Waals surface area contributed by atoms with E-state index in [9.17, 15) is 18.0 Å². The summed E-state index contributed by atoms with van der Waals surface area (Å²) in [5.74, 6) is 0.0369. The number of rotatable bonds is 8. The van der Waals surface area contributed by atoms with Crippen molar-refractivity contribution in [3.05, 3.63) is 34.9 Å². The second-order valence-corrected chi connectivity index (χ2v) is 17.7. The van der Waals surface area contributed by atoms with E-state index in [2.05, 4.69) is 25.0 Å². The van der Waals surface area contributed by atoms with Crippen LogP contribution in [0.15, 0.2) is 18.2 Å². The summed E-state index contributed by atoms with van der Waals surface area (Å²) < 4.78 is 51.6. The van der Waals surface area contributed by atoms with Gasteiger partial charge in [0.15, 0.2) is 0 Å². The molecule has 4 rings (SSSR count). The predicted octanol–water partition coefficient (Wildman–Crippen LogP) is 5.25. The third-order valence-corrected chi connectivity index (χ3v) is 9.67. The molecule has 0 radical (unpaired) electrons. The molecule has 202 valence electrons. The number of hydrogen-bond acceptors (Lipinski definition) is 4. The minimum atomic E-state index is -4.39.